The Hall–Kier alpha value is -2.40. The molecule has 0 aliphatic rings. The van der Waals surface area contributed by atoms with Crippen LogP contribution in [0.5, 0.6) is 5.75 Å². The SMILES string of the molecule is O=C(Nc1ccc(O)cc1F)c1csc2ccccc12. The Bertz CT molecular complexity index is 797. The van der Waals surface area contributed by atoms with Crippen LogP contribution in [0.2, 0.25) is 0 Å². The lowest BCUT2D eigenvalue weighted by Crippen LogP contribution is -2.12. The van der Waals surface area contributed by atoms with E-state index in [9.17, 15) is 9.18 Å². The number of carbonyl (C=O) groups excluding carboxylic acids is 1. The molecule has 5 heteroatoms. The van der Waals surface area contributed by atoms with Crippen molar-refractivity contribution in [2.24, 2.45) is 0 Å². The van der Waals surface area contributed by atoms with E-state index in [1.54, 1.807) is 5.38 Å². The molecule has 0 aliphatic heterocycles. The zero-order chi connectivity index (χ0) is 14.1. The normalized spacial score (nSPS) is 10.7. The van der Waals surface area contributed by atoms with E-state index < -0.39 is 5.82 Å². The second-order valence-corrected chi connectivity index (χ2v) is 5.18. The number of hydrogen-bond donors (Lipinski definition) is 2. The molecule has 0 fully saturated rings. The van der Waals surface area contributed by atoms with E-state index in [1.165, 1.54) is 23.5 Å². The minimum absolute atomic E-state index is 0.0445. The maximum Gasteiger partial charge on any atom is 0.257 e. The fourth-order valence-electron chi connectivity index (χ4n) is 1.95. The van der Waals surface area contributed by atoms with Crippen molar-refractivity contribution in [1.29, 1.82) is 0 Å². The van der Waals surface area contributed by atoms with Crippen LogP contribution in [-0.2, 0) is 0 Å². The van der Waals surface area contributed by atoms with Gasteiger partial charge in [-0.25, -0.2) is 4.39 Å². The van der Waals surface area contributed by atoms with E-state index in [2.05, 4.69) is 5.32 Å². The molecule has 0 aliphatic carbocycles. The molecule has 0 atom stereocenters. The first-order chi connectivity index (χ1) is 9.65. The van der Waals surface area contributed by atoms with Gasteiger partial charge in [-0.05, 0) is 18.2 Å². The van der Waals surface area contributed by atoms with Gasteiger partial charge in [0.15, 0.2) is 0 Å². The van der Waals surface area contributed by atoms with Gasteiger partial charge < -0.3 is 10.4 Å². The number of rotatable bonds is 2. The van der Waals surface area contributed by atoms with Gasteiger partial charge in [0.1, 0.15) is 11.6 Å². The van der Waals surface area contributed by atoms with Crippen molar-refractivity contribution in [3.63, 3.8) is 0 Å². The fourth-order valence-corrected chi connectivity index (χ4v) is 2.89. The number of amides is 1. The molecule has 1 aromatic heterocycles. The van der Waals surface area contributed by atoms with E-state index in [0.717, 1.165) is 16.2 Å². The predicted molar refractivity (Wildman–Crippen MR) is 77.8 cm³/mol. The molecule has 0 saturated carbocycles. The van der Waals surface area contributed by atoms with E-state index in [4.69, 9.17) is 5.11 Å². The summed E-state index contributed by atoms with van der Waals surface area (Å²) in [6, 6.07) is 11.2. The van der Waals surface area contributed by atoms with Crippen molar-refractivity contribution in [3.05, 3.63) is 59.2 Å². The average molecular weight is 287 g/mol. The summed E-state index contributed by atoms with van der Waals surface area (Å²) in [5, 5.41) is 14.2. The molecule has 0 saturated heterocycles. The van der Waals surface area contributed by atoms with Crippen molar-refractivity contribution >= 4 is 33.0 Å². The number of fused-ring (bicyclic) bond motifs is 1. The molecular formula is C15H10FNO2S. The Morgan fingerprint density at radius 2 is 2.00 bits per heavy atom. The Morgan fingerprint density at radius 3 is 2.80 bits per heavy atom. The van der Waals surface area contributed by atoms with Crippen LogP contribution in [0.1, 0.15) is 10.4 Å². The highest BCUT2D eigenvalue weighted by Gasteiger charge is 2.14. The van der Waals surface area contributed by atoms with Gasteiger partial charge in [-0.2, -0.15) is 0 Å². The Morgan fingerprint density at radius 1 is 1.20 bits per heavy atom. The van der Waals surface area contributed by atoms with Crippen LogP contribution >= 0.6 is 11.3 Å². The number of halogens is 1. The van der Waals surface area contributed by atoms with Gasteiger partial charge in [-0.3, -0.25) is 4.79 Å². The molecule has 1 amide bonds. The monoisotopic (exact) mass is 287 g/mol. The third-order valence-corrected chi connectivity index (χ3v) is 3.89. The summed E-state index contributed by atoms with van der Waals surface area (Å²) in [5.41, 5.74) is 0.557. The lowest BCUT2D eigenvalue weighted by Gasteiger charge is -2.06. The van der Waals surface area contributed by atoms with Gasteiger partial charge in [0.05, 0.1) is 11.3 Å². The maximum atomic E-state index is 13.6. The summed E-state index contributed by atoms with van der Waals surface area (Å²) in [7, 11) is 0. The number of aromatic hydroxyl groups is 1. The molecule has 3 aromatic rings. The first-order valence-electron chi connectivity index (χ1n) is 5.91. The minimum atomic E-state index is -0.669. The van der Waals surface area contributed by atoms with Crippen LogP contribution in [-0.4, -0.2) is 11.0 Å². The smallest absolute Gasteiger partial charge is 0.257 e. The Labute approximate surface area is 118 Å². The molecule has 0 unspecified atom stereocenters. The van der Waals surface area contributed by atoms with Crippen LogP contribution in [0.3, 0.4) is 0 Å². The number of phenolic OH excluding ortho intramolecular Hbond substituents is 1. The molecule has 2 N–H and O–H groups in total. The zero-order valence-electron chi connectivity index (χ0n) is 10.3. The van der Waals surface area contributed by atoms with Gasteiger partial charge in [0, 0.05) is 21.5 Å². The molecule has 100 valence electrons. The van der Waals surface area contributed by atoms with E-state index in [-0.39, 0.29) is 17.3 Å². The van der Waals surface area contributed by atoms with Gasteiger partial charge in [0.2, 0.25) is 0 Å². The molecule has 2 aromatic carbocycles. The standard InChI is InChI=1S/C15H10FNO2S/c16-12-7-9(18)5-6-13(12)17-15(19)11-8-20-14-4-2-1-3-10(11)14/h1-8,18H,(H,17,19). The lowest BCUT2D eigenvalue weighted by atomic mass is 10.1. The van der Waals surface area contributed by atoms with Gasteiger partial charge in [-0.15, -0.1) is 11.3 Å². The van der Waals surface area contributed by atoms with Crippen LogP contribution < -0.4 is 5.32 Å². The number of phenols is 1. The second-order valence-electron chi connectivity index (χ2n) is 4.26. The van der Waals surface area contributed by atoms with Crippen molar-refractivity contribution in [2.45, 2.75) is 0 Å². The number of thiophene rings is 1. The summed E-state index contributed by atoms with van der Waals surface area (Å²) in [6.07, 6.45) is 0. The van der Waals surface area contributed by atoms with Crippen LogP contribution in [0.15, 0.2) is 47.8 Å². The molecular weight excluding hydrogens is 277 g/mol. The first kappa shape index (κ1) is 12.6. The molecule has 0 radical (unpaired) electrons. The van der Waals surface area contributed by atoms with Gasteiger partial charge in [0.25, 0.3) is 5.91 Å². The van der Waals surface area contributed by atoms with Crippen LogP contribution in [0.4, 0.5) is 10.1 Å². The first-order valence-corrected chi connectivity index (χ1v) is 6.79. The third-order valence-electron chi connectivity index (χ3n) is 2.93. The second kappa shape index (κ2) is 4.94. The van der Waals surface area contributed by atoms with Crippen LogP contribution in [0, 0.1) is 5.82 Å². The van der Waals surface area contributed by atoms with Crippen LogP contribution in [0.25, 0.3) is 10.1 Å². The minimum Gasteiger partial charge on any atom is -0.508 e. The highest BCUT2D eigenvalue weighted by Crippen LogP contribution is 2.27. The van der Waals surface area contributed by atoms with Crippen molar-refractivity contribution < 1.29 is 14.3 Å². The predicted octanol–water partition coefficient (Wildman–Crippen LogP) is 4.00. The average Bonchev–Trinajstić information content (AvgIpc) is 2.86. The van der Waals surface area contributed by atoms with E-state index in [0.29, 0.717) is 5.56 Å². The largest absolute Gasteiger partial charge is 0.508 e. The van der Waals surface area contributed by atoms with Gasteiger partial charge in [-0.1, -0.05) is 18.2 Å². The quantitative estimate of drug-likeness (QED) is 0.700. The highest BCUT2D eigenvalue weighted by molar-refractivity contribution is 7.17. The number of anilines is 1. The summed E-state index contributed by atoms with van der Waals surface area (Å²) < 4.78 is 14.6. The maximum absolute atomic E-state index is 13.6. The van der Waals surface area contributed by atoms with E-state index in [1.807, 2.05) is 24.3 Å². The van der Waals surface area contributed by atoms with E-state index >= 15 is 0 Å². The summed E-state index contributed by atoms with van der Waals surface area (Å²) >= 11 is 1.46. The Kier molecular flexibility index (Phi) is 3.12. The highest BCUT2D eigenvalue weighted by atomic mass is 32.1. The molecule has 20 heavy (non-hydrogen) atoms. The number of benzene rings is 2. The number of nitrogens with one attached hydrogen (secondary N) is 1. The molecule has 0 spiro atoms. The molecule has 3 rings (SSSR count). The third kappa shape index (κ3) is 2.23. The zero-order valence-corrected chi connectivity index (χ0v) is 11.1. The molecule has 1 heterocycles. The number of carbonyl (C=O) groups is 1. The van der Waals surface area contributed by atoms with Gasteiger partial charge >= 0.3 is 0 Å². The summed E-state index contributed by atoms with van der Waals surface area (Å²) in [5.74, 6) is -1.22. The van der Waals surface area contributed by atoms with Crippen molar-refractivity contribution in [2.75, 3.05) is 5.32 Å². The number of hydrogen-bond acceptors (Lipinski definition) is 3. The van der Waals surface area contributed by atoms with Crippen molar-refractivity contribution in [3.8, 4) is 5.75 Å². The van der Waals surface area contributed by atoms with Crippen molar-refractivity contribution in [1.82, 2.24) is 0 Å². The topological polar surface area (TPSA) is 49.3 Å². The molecule has 0 bridgehead atoms. The summed E-state index contributed by atoms with van der Waals surface area (Å²) in [6.45, 7) is 0. The molecule has 3 nitrogen and oxygen atoms in total. The fraction of sp³-hybridized carbons (Fsp3) is 0. The Balaban J connectivity index is 1.93. The lowest BCUT2D eigenvalue weighted by molar-refractivity contribution is 0.102. The summed E-state index contributed by atoms with van der Waals surface area (Å²) in [4.78, 5) is 12.2.